The molecule has 0 saturated heterocycles. The smallest absolute Gasteiger partial charge is 0.243 e. The first-order valence-corrected chi connectivity index (χ1v) is 10.4. The van der Waals surface area contributed by atoms with Gasteiger partial charge in [-0.1, -0.05) is 28.1 Å². The van der Waals surface area contributed by atoms with Crippen molar-refractivity contribution in [2.24, 2.45) is 0 Å². The number of nitrogens with one attached hydrogen (secondary N) is 1. The molecule has 1 aliphatic rings. The first kappa shape index (κ1) is 21.2. The molecule has 0 bridgehead atoms. The third-order valence-corrected chi connectivity index (χ3v) is 5.46. The lowest BCUT2D eigenvalue weighted by Crippen LogP contribution is -2.46. The standard InChI is InChI=1S/C22H25BrN2O4/c1-4-25(21(27)22(2,3)15-5-7-16(23)8-6-15)14-20(26)24-17-9-10-18-19(13-17)29-12-11-28-18/h5-10,13H,4,11-12,14H2,1-3H3,(H,24,26). The minimum atomic E-state index is -0.742. The largest absolute Gasteiger partial charge is 0.486 e. The summed E-state index contributed by atoms with van der Waals surface area (Å²) in [6.45, 7) is 7.03. The zero-order valence-corrected chi connectivity index (χ0v) is 18.4. The van der Waals surface area contributed by atoms with Gasteiger partial charge in [-0.25, -0.2) is 0 Å². The van der Waals surface area contributed by atoms with Gasteiger partial charge in [0.1, 0.15) is 13.2 Å². The maximum Gasteiger partial charge on any atom is 0.243 e. The summed E-state index contributed by atoms with van der Waals surface area (Å²) in [6.07, 6.45) is 0. The number of likely N-dealkylation sites (N-methyl/N-ethyl adjacent to an activating group) is 1. The number of amides is 2. The van der Waals surface area contributed by atoms with Crippen LogP contribution in [0.4, 0.5) is 5.69 Å². The van der Waals surface area contributed by atoms with E-state index in [9.17, 15) is 9.59 Å². The summed E-state index contributed by atoms with van der Waals surface area (Å²) < 4.78 is 12.0. The molecule has 0 aliphatic carbocycles. The van der Waals surface area contributed by atoms with Crippen LogP contribution in [0.25, 0.3) is 0 Å². The molecule has 0 aromatic heterocycles. The Balaban J connectivity index is 1.67. The molecule has 0 atom stereocenters. The second-order valence-electron chi connectivity index (χ2n) is 7.36. The van der Waals surface area contributed by atoms with Crippen molar-refractivity contribution in [2.75, 3.05) is 31.6 Å². The topological polar surface area (TPSA) is 67.9 Å². The van der Waals surface area contributed by atoms with Crippen LogP contribution in [0.3, 0.4) is 0 Å². The number of hydrogen-bond acceptors (Lipinski definition) is 4. The van der Waals surface area contributed by atoms with Gasteiger partial charge in [-0.2, -0.15) is 0 Å². The molecule has 6 nitrogen and oxygen atoms in total. The van der Waals surface area contributed by atoms with E-state index in [1.165, 1.54) is 0 Å². The molecule has 0 saturated carbocycles. The molecule has 7 heteroatoms. The SMILES string of the molecule is CCN(CC(=O)Nc1ccc2c(c1)OCCO2)C(=O)C(C)(C)c1ccc(Br)cc1. The van der Waals surface area contributed by atoms with E-state index in [1.54, 1.807) is 23.1 Å². The van der Waals surface area contributed by atoms with Gasteiger partial charge in [0.25, 0.3) is 0 Å². The number of halogens is 1. The van der Waals surface area contributed by atoms with Gasteiger partial charge < -0.3 is 19.7 Å². The van der Waals surface area contributed by atoms with Crippen LogP contribution in [0, 0.1) is 0 Å². The lowest BCUT2D eigenvalue weighted by molar-refractivity contribution is -0.138. The van der Waals surface area contributed by atoms with Crippen molar-refractivity contribution in [3.8, 4) is 11.5 Å². The van der Waals surface area contributed by atoms with Crippen LogP contribution < -0.4 is 14.8 Å². The van der Waals surface area contributed by atoms with Crippen molar-refractivity contribution in [3.05, 3.63) is 52.5 Å². The molecule has 1 N–H and O–H groups in total. The van der Waals surface area contributed by atoms with Gasteiger partial charge >= 0.3 is 0 Å². The summed E-state index contributed by atoms with van der Waals surface area (Å²) in [4.78, 5) is 27.3. The van der Waals surface area contributed by atoms with E-state index < -0.39 is 5.41 Å². The first-order chi connectivity index (χ1) is 13.8. The third kappa shape index (κ3) is 4.90. The van der Waals surface area contributed by atoms with E-state index in [0.29, 0.717) is 36.9 Å². The molecule has 1 aliphatic heterocycles. The summed E-state index contributed by atoms with van der Waals surface area (Å²) in [5.74, 6) is 0.910. The zero-order chi connectivity index (χ0) is 21.0. The Morgan fingerprint density at radius 1 is 1.07 bits per heavy atom. The Bertz CT molecular complexity index is 896. The highest BCUT2D eigenvalue weighted by Gasteiger charge is 2.34. The number of anilines is 1. The van der Waals surface area contributed by atoms with E-state index in [4.69, 9.17) is 9.47 Å². The Hall–Kier alpha value is -2.54. The number of benzene rings is 2. The van der Waals surface area contributed by atoms with Crippen molar-refractivity contribution < 1.29 is 19.1 Å². The minimum absolute atomic E-state index is 0.0241. The summed E-state index contributed by atoms with van der Waals surface area (Å²) in [5.41, 5.74) is 0.764. The van der Waals surface area contributed by atoms with Crippen molar-refractivity contribution in [2.45, 2.75) is 26.2 Å². The van der Waals surface area contributed by atoms with Crippen LogP contribution in [0.5, 0.6) is 11.5 Å². The molecule has 2 aromatic carbocycles. The predicted octanol–water partition coefficient (Wildman–Crippen LogP) is 3.99. The maximum absolute atomic E-state index is 13.2. The van der Waals surface area contributed by atoms with Gasteiger partial charge in [0.15, 0.2) is 11.5 Å². The van der Waals surface area contributed by atoms with Crippen LogP contribution in [0.2, 0.25) is 0 Å². The average Bonchev–Trinajstić information content (AvgIpc) is 2.71. The Labute approximate surface area is 179 Å². The quantitative estimate of drug-likeness (QED) is 0.707. The van der Waals surface area contributed by atoms with Gasteiger partial charge in [0.2, 0.25) is 11.8 Å². The molecule has 0 spiro atoms. The van der Waals surface area contributed by atoms with Gasteiger partial charge in [0.05, 0.1) is 12.0 Å². The minimum Gasteiger partial charge on any atom is -0.486 e. The second-order valence-corrected chi connectivity index (χ2v) is 8.27. The zero-order valence-electron chi connectivity index (χ0n) is 16.8. The monoisotopic (exact) mass is 460 g/mol. The number of nitrogens with zero attached hydrogens (tertiary/aromatic N) is 1. The van der Waals surface area contributed by atoms with Gasteiger partial charge in [-0.3, -0.25) is 9.59 Å². The van der Waals surface area contributed by atoms with E-state index in [2.05, 4.69) is 21.2 Å². The fourth-order valence-corrected chi connectivity index (χ4v) is 3.47. The molecule has 1 heterocycles. The highest BCUT2D eigenvalue weighted by atomic mass is 79.9. The molecule has 154 valence electrons. The van der Waals surface area contributed by atoms with Crippen LogP contribution >= 0.6 is 15.9 Å². The van der Waals surface area contributed by atoms with Crippen molar-refractivity contribution in [3.63, 3.8) is 0 Å². The number of carbonyl (C=O) groups is 2. The van der Waals surface area contributed by atoms with Gasteiger partial charge in [0, 0.05) is 22.8 Å². The van der Waals surface area contributed by atoms with Crippen LogP contribution in [0.1, 0.15) is 26.3 Å². The summed E-state index contributed by atoms with van der Waals surface area (Å²) >= 11 is 3.41. The molecule has 3 rings (SSSR count). The third-order valence-electron chi connectivity index (χ3n) is 4.93. The lowest BCUT2D eigenvalue weighted by atomic mass is 9.83. The molecule has 0 radical (unpaired) electrons. The molecule has 2 aromatic rings. The second kappa shape index (κ2) is 8.86. The number of ether oxygens (including phenoxy) is 2. The van der Waals surface area contributed by atoms with Gasteiger partial charge in [-0.05, 0) is 50.6 Å². The van der Waals surface area contributed by atoms with Crippen LogP contribution in [-0.4, -0.2) is 43.0 Å². The number of carbonyl (C=O) groups excluding carboxylic acids is 2. The first-order valence-electron chi connectivity index (χ1n) is 9.56. The van der Waals surface area contributed by atoms with Gasteiger partial charge in [-0.15, -0.1) is 0 Å². The molecule has 0 unspecified atom stereocenters. The average molecular weight is 461 g/mol. The lowest BCUT2D eigenvalue weighted by Gasteiger charge is -2.31. The summed E-state index contributed by atoms with van der Waals surface area (Å²) in [6, 6.07) is 12.9. The molecule has 2 amide bonds. The predicted molar refractivity (Wildman–Crippen MR) is 115 cm³/mol. The summed E-state index contributed by atoms with van der Waals surface area (Å²) in [7, 11) is 0. The molecular weight excluding hydrogens is 436 g/mol. The Morgan fingerprint density at radius 3 is 2.38 bits per heavy atom. The Kier molecular flexibility index (Phi) is 6.47. The normalized spacial score (nSPS) is 13.0. The molecular formula is C22H25BrN2O4. The summed E-state index contributed by atoms with van der Waals surface area (Å²) in [5, 5.41) is 2.84. The van der Waals surface area contributed by atoms with E-state index >= 15 is 0 Å². The number of hydrogen-bond donors (Lipinski definition) is 1. The highest BCUT2D eigenvalue weighted by molar-refractivity contribution is 9.10. The molecule has 29 heavy (non-hydrogen) atoms. The maximum atomic E-state index is 13.2. The Morgan fingerprint density at radius 2 is 1.72 bits per heavy atom. The van der Waals surface area contributed by atoms with E-state index in [-0.39, 0.29) is 18.4 Å². The fraction of sp³-hybridized carbons (Fsp3) is 0.364. The van der Waals surface area contributed by atoms with E-state index in [0.717, 1.165) is 10.0 Å². The number of rotatable bonds is 6. The van der Waals surface area contributed by atoms with Crippen molar-refractivity contribution in [1.29, 1.82) is 0 Å². The number of fused-ring (bicyclic) bond motifs is 1. The molecule has 0 fully saturated rings. The van der Waals surface area contributed by atoms with E-state index in [1.807, 2.05) is 45.0 Å². The fourth-order valence-electron chi connectivity index (χ4n) is 3.21. The van der Waals surface area contributed by atoms with Crippen LogP contribution in [0.15, 0.2) is 46.9 Å². The van der Waals surface area contributed by atoms with Crippen molar-refractivity contribution >= 4 is 33.4 Å². The van der Waals surface area contributed by atoms with Crippen LogP contribution in [-0.2, 0) is 15.0 Å². The highest BCUT2D eigenvalue weighted by Crippen LogP contribution is 2.32. The van der Waals surface area contributed by atoms with Crippen molar-refractivity contribution in [1.82, 2.24) is 4.90 Å².